The Balaban J connectivity index is 1.75. The average molecular weight is 301 g/mol. The Labute approximate surface area is 133 Å². The van der Waals surface area contributed by atoms with Gasteiger partial charge < -0.3 is 4.90 Å². The van der Waals surface area contributed by atoms with Crippen molar-refractivity contribution in [3.8, 4) is 0 Å². The monoisotopic (exact) mass is 301 g/mol. The summed E-state index contributed by atoms with van der Waals surface area (Å²) in [5, 5.41) is 0. The van der Waals surface area contributed by atoms with E-state index in [1.54, 1.807) is 4.90 Å². The Morgan fingerprint density at radius 2 is 1.86 bits per heavy atom. The summed E-state index contributed by atoms with van der Waals surface area (Å²) in [4.78, 5) is 18.4. The first kappa shape index (κ1) is 15.5. The van der Waals surface area contributed by atoms with E-state index in [9.17, 15) is 4.79 Å². The van der Waals surface area contributed by atoms with Crippen LogP contribution >= 0.6 is 0 Å². The van der Waals surface area contributed by atoms with Crippen molar-refractivity contribution in [2.45, 2.75) is 24.8 Å². The van der Waals surface area contributed by atoms with Crippen molar-refractivity contribution in [2.75, 3.05) is 47.3 Å². The van der Waals surface area contributed by atoms with Gasteiger partial charge in [-0.2, -0.15) is 0 Å². The summed E-state index contributed by atoms with van der Waals surface area (Å²) in [7, 11) is 5.93. The van der Waals surface area contributed by atoms with Crippen molar-refractivity contribution in [1.82, 2.24) is 14.7 Å². The maximum atomic E-state index is 11.9. The molecule has 120 valence electrons. The molecule has 2 aliphatic heterocycles. The predicted molar refractivity (Wildman–Crippen MR) is 88.8 cm³/mol. The number of fused-ring (bicyclic) bond motifs is 2. The zero-order valence-corrected chi connectivity index (χ0v) is 14.0. The average Bonchev–Trinajstić information content (AvgIpc) is 2.53. The summed E-state index contributed by atoms with van der Waals surface area (Å²) in [6.45, 7) is 3.68. The van der Waals surface area contributed by atoms with Gasteiger partial charge in [-0.3, -0.25) is 14.6 Å². The number of carbonyl (C=O) groups excluding carboxylic acids is 1. The van der Waals surface area contributed by atoms with Gasteiger partial charge in [0.05, 0.1) is 6.54 Å². The van der Waals surface area contributed by atoms with Gasteiger partial charge in [0.2, 0.25) is 5.91 Å². The van der Waals surface area contributed by atoms with E-state index in [-0.39, 0.29) is 11.4 Å². The Kier molecular flexibility index (Phi) is 4.24. The van der Waals surface area contributed by atoms with E-state index in [1.165, 1.54) is 11.1 Å². The molecule has 0 radical (unpaired) electrons. The molecule has 0 N–H and O–H groups in total. The Morgan fingerprint density at radius 3 is 2.55 bits per heavy atom. The zero-order valence-electron chi connectivity index (χ0n) is 14.0. The molecule has 1 spiro atoms. The molecule has 1 fully saturated rings. The third-order valence-corrected chi connectivity index (χ3v) is 5.51. The Hall–Kier alpha value is -1.39. The molecule has 0 atom stereocenters. The number of likely N-dealkylation sites (tertiary alicyclic amines) is 1. The molecule has 1 aromatic rings. The molecule has 3 rings (SSSR count). The molecule has 22 heavy (non-hydrogen) atoms. The van der Waals surface area contributed by atoms with Gasteiger partial charge >= 0.3 is 0 Å². The third kappa shape index (κ3) is 2.66. The first-order valence-electron chi connectivity index (χ1n) is 8.25. The number of amides is 1. The molecule has 4 heteroatoms. The fourth-order valence-corrected chi connectivity index (χ4v) is 3.96. The van der Waals surface area contributed by atoms with Gasteiger partial charge in [-0.1, -0.05) is 24.3 Å². The molecule has 0 aromatic heterocycles. The van der Waals surface area contributed by atoms with Gasteiger partial charge in [0.1, 0.15) is 0 Å². The summed E-state index contributed by atoms with van der Waals surface area (Å²) < 4.78 is 0. The van der Waals surface area contributed by atoms with E-state index in [4.69, 9.17) is 0 Å². The van der Waals surface area contributed by atoms with E-state index in [1.807, 2.05) is 14.1 Å². The summed E-state index contributed by atoms with van der Waals surface area (Å²) in [6.07, 6.45) is 3.37. The van der Waals surface area contributed by atoms with Crippen molar-refractivity contribution < 1.29 is 4.79 Å². The van der Waals surface area contributed by atoms with E-state index in [2.05, 4.69) is 41.1 Å². The number of hydrogen-bond donors (Lipinski definition) is 0. The first-order valence-corrected chi connectivity index (χ1v) is 8.25. The molecule has 4 nitrogen and oxygen atoms in total. The topological polar surface area (TPSA) is 26.8 Å². The third-order valence-electron chi connectivity index (χ3n) is 5.51. The molecule has 1 saturated heterocycles. The van der Waals surface area contributed by atoms with Crippen LogP contribution in [0.25, 0.3) is 0 Å². The first-order chi connectivity index (χ1) is 10.5. The quantitative estimate of drug-likeness (QED) is 0.829. The Morgan fingerprint density at radius 1 is 1.18 bits per heavy atom. The van der Waals surface area contributed by atoms with E-state index in [0.29, 0.717) is 6.54 Å². The molecule has 0 bridgehead atoms. The highest BCUT2D eigenvalue weighted by molar-refractivity contribution is 5.77. The Bertz CT molecular complexity index is 547. The number of benzene rings is 1. The fourth-order valence-electron chi connectivity index (χ4n) is 3.96. The zero-order chi connectivity index (χ0) is 15.7. The SMILES string of the molecule is CN(C)C(=O)CN1CCC2(CC1)c1ccccc1CCN2C. The summed E-state index contributed by atoms with van der Waals surface area (Å²) in [5.74, 6) is 0.202. The normalized spacial score (nSPS) is 21.6. The number of likely N-dealkylation sites (N-methyl/N-ethyl adjacent to an activating group) is 2. The molecule has 0 saturated carbocycles. The highest BCUT2D eigenvalue weighted by atomic mass is 16.2. The molecule has 0 unspecified atom stereocenters. The van der Waals surface area contributed by atoms with E-state index < -0.39 is 0 Å². The van der Waals surface area contributed by atoms with Gasteiger partial charge in [0.15, 0.2) is 0 Å². The minimum Gasteiger partial charge on any atom is -0.348 e. The molecular weight excluding hydrogens is 274 g/mol. The van der Waals surface area contributed by atoms with Crippen molar-refractivity contribution in [3.05, 3.63) is 35.4 Å². The van der Waals surface area contributed by atoms with Crippen LogP contribution in [0.5, 0.6) is 0 Å². The molecule has 2 aliphatic rings. The van der Waals surface area contributed by atoms with Crippen LogP contribution in [0, 0.1) is 0 Å². The standard InChI is InChI=1S/C18H27N3O/c1-19(2)17(22)14-21-12-9-18(10-13-21)16-7-5-4-6-15(16)8-11-20(18)3/h4-7H,8-14H2,1-3H3. The molecular formula is C18H27N3O. The second kappa shape index (κ2) is 6.01. The van der Waals surface area contributed by atoms with Gasteiger partial charge in [-0.15, -0.1) is 0 Å². The van der Waals surface area contributed by atoms with Crippen LogP contribution in [0.4, 0.5) is 0 Å². The molecule has 1 aromatic carbocycles. The molecule has 2 heterocycles. The van der Waals surface area contributed by atoms with Crippen LogP contribution < -0.4 is 0 Å². The number of rotatable bonds is 2. The lowest BCUT2D eigenvalue weighted by atomic mass is 9.74. The fraction of sp³-hybridized carbons (Fsp3) is 0.611. The maximum absolute atomic E-state index is 11.9. The number of piperidine rings is 1. The van der Waals surface area contributed by atoms with E-state index >= 15 is 0 Å². The van der Waals surface area contributed by atoms with Crippen molar-refractivity contribution in [2.24, 2.45) is 0 Å². The van der Waals surface area contributed by atoms with E-state index in [0.717, 1.165) is 38.9 Å². The second-order valence-electron chi connectivity index (χ2n) is 6.92. The van der Waals surface area contributed by atoms with Crippen LogP contribution in [0.15, 0.2) is 24.3 Å². The summed E-state index contributed by atoms with van der Waals surface area (Å²) >= 11 is 0. The van der Waals surface area contributed by atoms with Crippen molar-refractivity contribution in [3.63, 3.8) is 0 Å². The van der Waals surface area contributed by atoms with Gasteiger partial charge in [0.25, 0.3) is 0 Å². The highest BCUT2D eigenvalue weighted by Crippen LogP contribution is 2.42. The lowest BCUT2D eigenvalue weighted by Gasteiger charge is -2.51. The molecule has 0 aliphatic carbocycles. The van der Waals surface area contributed by atoms with Crippen LogP contribution in [0.2, 0.25) is 0 Å². The minimum atomic E-state index is 0.173. The van der Waals surface area contributed by atoms with Crippen LogP contribution in [0.1, 0.15) is 24.0 Å². The molecule has 1 amide bonds. The summed E-state index contributed by atoms with van der Waals surface area (Å²) in [6, 6.07) is 8.92. The maximum Gasteiger partial charge on any atom is 0.236 e. The number of carbonyl (C=O) groups is 1. The largest absolute Gasteiger partial charge is 0.348 e. The summed E-state index contributed by atoms with van der Waals surface area (Å²) in [5.41, 5.74) is 3.20. The lowest BCUT2D eigenvalue weighted by molar-refractivity contribution is -0.130. The number of hydrogen-bond acceptors (Lipinski definition) is 3. The van der Waals surface area contributed by atoms with Crippen LogP contribution in [-0.2, 0) is 16.8 Å². The van der Waals surface area contributed by atoms with Gasteiger partial charge in [-0.25, -0.2) is 0 Å². The highest BCUT2D eigenvalue weighted by Gasteiger charge is 2.42. The number of nitrogens with zero attached hydrogens (tertiary/aromatic N) is 3. The van der Waals surface area contributed by atoms with Crippen LogP contribution in [0.3, 0.4) is 0 Å². The van der Waals surface area contributed by atoms with Crippen molar-refractivity contribution in [1.29, 1.82) is 0 Å². The predicted octanol–water partition coefficient (Wildman–Crippen LogP) is 1.55. The lowest BCUT2D eigenvalue weighted by Crippen LogP contribution is -2.55. The smallest absolute Gasteiger partial charge is 0.236 e. The van der Waals surface area contributed by atoms with Crippen LogP contribution in [-0.4, -0.2) is 67.9 Å². The minimum absolute atomic E-state index is 0.173. The van der Waals surface area contributed by atoms with Gasteiger partial charge in [0, 0.05) is 39.3 Å². The van der Waals surface area contributed by atoms with Gasteiger partial charge in [-0.05, 0) is 37.4 Å². The van der Waals surface area contributed by atoms with Crippen molar-refractivity contribution >= 4 is 5.91 Å². The second-order valence-corrected chi connectivity index (χ2v) is 6.92.